The number of benzene rings is 3. The Morgan fingerprint density at radius 3 is 2.53 bits per heavy atom. The van der Waals surface area contributed by atoms with Crippen molar-refractivity contribution in [2.24, 2.45) is 11.3 Å². The summed E-state index contributed by atoms with van der Waals surface area (Å²) in [5.41, 5.74) is 5.65. The minimum absolute atomic E-state index is 0.0167. The first-order valence-electron chi connectivity index (χ1n) is 12.5. The number of ether oxygens (including phenoxy) is 2. The lowest BCUT2D eigenvalue weighted by molar-refractivity contribution is -0.139. The summed E-state index contributed by atoms with van der Waals surface area (Å²) < 4.78 is 26.3. The van der Waals surface area contributed by atoms with Crippen molar-refractivity contribution in [1.29, 1.82) is 0 Å². The number of carboxylic acid groups (broad SMARTS) is 1. The highest BCUT2D eigenvalue weighted by atomic mass is 19.1. The third-order valence-electron chi connectivity index (χ3n) is 7.59. The van der Waals surface area contributed by atoms with Gasteiger partial charge in [0.05, 0.1) is 13.0 Å². The fourth-order valence-corrected chi connectivity index (χ4v) is 5.74. The molecule has 0 heterocycles. The molecule has 3 aromatic rings. The number of rotatable bonds is 7. The van der Waals surface area contributed by atoms with Gasteiger partial charge in [0.1, 0.15) is 23.9 Å². The number of halogens is 1. The summed E-state index contributed by atoms with van der Waals surface area (Å²) in [5.74, 6) is 0.121. The molecule has 1 spiro atoms. The van der Waals surface area contributed by atoms with E-state index in [1.54, 1.807) is 19.2 Å². The molecular formula is C31H33FO4. The molecule has 36 heavy (non-hydrogen) atoms. The molecule has 2 aliphatic carbocycles. The van der Waals surface area contributed by atoms with E-state index in [0.29, 0.717) is 17.9 Å². The van der Waals surface area contributed by atoms with Gasteiger partial charge in [0.25, 0.3) is 0 Å². The molecular weight excluding hydrogens is 455 g/mol. The third kappa shape index (κ3) is 4.59. The van der Waals surface area contributed by atoms with Gasteiger partial charge in [0, 0.05) is 11.0 Å². The van der Waals surface area contributed by atoms with Crippen LogP contribution >= 0.6 is 0 Å². The number of carboxylic acids is 1. The fourth-order valence-electron chi connectivity index (χ4n) is 5.74. The summed E-state index contributed by atoms with van der Waals surface area (Å²) in [7, 11) is 1.58. The van der Waals surface area contributed by atoms with E-state index in [1.807, 2.05) is 24.3 Å². The van der Waals surface area contributed by atoms with Gasteiger partial charge >= 0.3 is 5.97 Å². The van der Waals surface area contributed by atoms with Crippen LogP contribution in [-0.4, -0.2) is 18.2 Å². The number of methoxy groups -OCH3 is 1. The average molecular weight is 489 g/mol. The lowest BCUT2D eigenvalue weighted by atomic mass is 9.84. The van der Waals surface area contributed by atoms with Crippen molar-refractivity contribution < 1.29 is 23.8 Å². The van der Waals surface area contributed by atoms with Crippen LogP contribution in [0.5, 0.6) is 11.5 Å². The Hall–Kier alpha value is -3.34. The standard InChI is InChI=1S/C31H33FO4/c1-30(2,3)16-21-13-19(5-9-24(21)25-14-22(35-4)8-10-28(25)32)18-36-23-7-6-20-11-12-31(26(20)15-23)17-27(31)29(33)34/h5-10,13-15,27H,11-12,16-18H2,1-4H3,(H,33,34)/t27-,31-/m0/s1. The maximum absolute atomic E-state index is 14.8. The molecule has 0 aliphatic heterocycles. The molecule has 0 amide bonds. The highest BCUT2D eigenvalue weighted by Gasteiger charge is 2.61. The predicted molar refractivity (Wildman–Crippen MR) is 138 cm³/mol. The maximum atomic E-state index is 14.8. The van der Waals surface area contributed by atoms with Crippen LogP contribution in [0.4, 0.5) is 4.39 Å². The van der Waals surface area contributed by atoms with Crippen LogP contribution in [-0.2, 0) is 29.7 Å². The van der Waals surface area contributed by atoms with Crippen LogP contribution in [0.2, 0.25) is 0 Å². The smallest absolute Gasteiger partial charge is 0.307 e. The first-order chi connectivity index (χ1) is 17.1. The van der Waals surface area contributed by atoms with Crippen molar-refractivity contribution in [2.75, 3.05) is 7.11 Å². The van der Waals surface area contributed by atoms with E-state index < -0.39 is 5.97 Å². The molecule has 2 atom stereocenters. The van der Waals surface area contributed by atoms with Gasteiger partial charge in [0.15, 0.2) is 0 Å². The van der Waals surface area contributed by atoms with E-state index in [9.17, 15) is 14.3 Å². The minimum atomic E-state index is -0.701. The average Bonchev–Trinajstić information content (AvgIpc) is 3.47. The molecule has 5 heteroatoms. The van der Waals surface area contributed by atoms with Gasteiger partial charge in [0.2, 0.25) is 0 Å². The maximum Gasteiger partial charge on any atom is 0.307 e. The fraction of sp³-hybridized carbons (Fsp3) is 0.387. The molecule has 5 rings (SSSR count). The van der Waals surface area contributed by atoms with Crippen LogP contribution in [0, 0.1) is 17.2 Å². The second-order valence-electron chi connectivity index (χ2n) is 11.4. The second kappa shape index (κ2) is 8.95. The monoisotopic (exact) mass is 488 g/mol. The molecule has 0 saturated heterocycles. The molecule has 0 bridgehead atoms. The number of aliphatic carboxylic acids is 1. The Morgan fingerprint density at radius 1 is 1.06 bits per heavy atom. The zero-order valence-electron chi connectivity index (χ0n) is 21.4. The van der Waals surface area contributed by atoms with E-state index in [-0.39, 0.29) is 22.6 Å². The molecule has 4 nitrogen and oxygen atoms in total. The predicted octanol–water partition coefficient (Wildman–Crippen LogP) is 6.96. The van der Waals surface area contributed by atoms with Crippen molar-refractivity contribution in [3.05, 3.63) is 82.7 Å². The molecule has 0 radical (unpaired) electrons. The number of hydrogen-bond acceptors (Lipinski definition) is 3. The summed E-state index contributed by atoms with van der Waals surface area (Å²) in [4.78, 5) is 11.6. The Labute approximate surface area is 212 Å². The molecule has 1 saturated carbocycles. The number of fused-ring (bicyclic) bond motifs is 2. The van der Waals surface area contributed by atoms with E-state index in [1.165, 1.54) is 11.6 Å². The summed E-state index contributed by atoms with van der Waals surface area (Å²) in [6.07, 6.45) is 3.33. The quantitative estimate of drug-likeness (QED) is 0.391. The third-order valence-corrected chi connectivity index (χ3v) is 7.59. The molecule has 0 aromatic heterocycles. The Kier molecular flexibility index (Phi) is 6.06. The lowest BCUT2D eigenvalue weighted by Crippen LogP contribution is -2.12. The number of aryl methyl sites for hydroxylation is 1. The zero-order chi connectivity index (χ0) is 25.7. The van der Waals surface area contributed by atoms with E-state index in [0.717, 1.165) is 53.7 Å². The SMILES string of the molecule is COc1ccc(F)c(-c2ccc(COc3ccc4c(c3)[C@]3(CC4)C[C@H]3C(=O)O)cc2CC(C)(C)C)c1. The highest BCUT2D eigenvalue weighted by Crippen LogP contribution is 2.62. The Morgan fingerprint density at radius 2 is 1.83 bits per heavy atom. The van der Waals surface area contributed by atoms with Crippen molar-refractivity contribution in [3.63, 3.8) is 0 Å². The van der Waals surface area contributed by atoms with Crippen LogP contribution in [0.1, 0.15) is 55.9 Å². The molecule has 1 N–H and O–H groups in total. The first-order valence-corrected chi connectivity index (χ1v) is 12.5. The summed E-state index contributed by atoms with van der Waals surface area (Å²) in [5, 5.41) is 9.52. The molecule has 0 unspecified atom stereocenters. The van der Waals surface area contributed by atoms with Gasteiger partial charge in [-0.3, -0.25) is 4.79 Å². The van der Waals surface area contributed by atoms with Gasteiger partial charge in [-0.1, -0.05) is 45.0 Å². The summed E-state index contributed by atoms with van der Waals surface area (Å²) in [6, 6.07) is 17.0. The lowest BCUT2D eigenvalue weighted by Gasteiger charge is -2.22. The van der Waals surface area contributed by atoms with Crippen LogP contribution < -0.4 is 9.47 Å². The van der Waals surface area contributed by atoms with E-state index in [4.69, 9.17) is 9.47 Å². The van der Waals surface area contributed by atoms with E-state index >= 15 is 0 Å². The van der Waals surface area contributed by atoms with Gasteiger partial charge in [-0.05, 0) is 89.2 Å². The van der Waals surface area contributed by atoms with Crippen LogP contribution in [0.3, 0.4) is 0 Å². The molecule has 3 aromatic carbocycles. The number of carbonyl (C=O) groups is 1. The number of hydrogen-bond donors (Lipinski definition) is 1. The van der Waals surface area contributed by atoms with Crippen molar-refractivity contribution in [1.82, 2.24) is 0 Å². The summed E-state index contributed by atoms with van der Waals surface area (Å²) in [6.45, 7) is 6.89. The van der Waals surface area contributed by atoms with Crippen molar-refractivity contribution >= 4 is 5.97 Å². The van der Waals surface area contributed by atoms with Gasteiger partial charge < -0.3 is 14.6 Å². The second-order valence-corrected chi connectivity index (χ2v) is 11.4. The highest BCUT2D eigenvalue weighted by molar-refractivity contribution is 5.78. The molecule has 188 valence electrons. The zero-order valence-corrected chi connectivity index (χ0v) is 21.4. The van der Waals surface area contributed by atoms with Crippen LogP contribution in [0.15, 0.2) is 54.6 Å². The summed E-state index contributed by atoms with van der Waals surface area (Å²) >= 11 is 0. The molecule has 1 fully saturated rings. The minimum Gasteiger partial charge on any atom is -0.497 e. The van der Waals surface area contributed by atoms with E-state index in [2.05, 4.69) is 32.9 Å². The van der Waals surface area contributed by atoms with Crippen molar-refractivity contribution in [2.45, 2.75) is 58.5 Å². The Balaban J connectivity index is 1.40. The van der Waals surface area contributed by atoms with Crippen molar-refractivity contribution in [3.8, 4) is 22.6 Å². The largest absolute Gasteiger partial charge is 0.497 e. The molecule has 2 aliphatic rings. The normalized spacial score (nSPS) is 20.3. The topological polar surface area (TPSA) is 55.8 Å². The van der Waals surface area contributed by atoms with Crippen LogP contribution in [0.25, 0.3) is 11.1 Å². The van der Waals surface area contributed by atoms with Gasteiger partial charge in [-0.15, -0.1) is 0 Å². The Bertz CT molecular complexity index is 1320. The van der Waals surface area contributed by atoms with Gasteiger partial charge in [-0.25, -0.2) is 4.39 Å². The first kappa shape index (κ1) is 24.4. The van der Waals surface area contributed by atoms with Gasteiger partial charge in [-0.2, -0.15) is 0 Å².